The normalized spacial score (nSPS) is 18.9. The average Bonchev–Trinajstić information content (AvgIpc) is 2.62. The minimum atomic E-state index is -0.0379. The van der Waals surface area contributed by atoms with Crippen molar-refractivity contribution >= 4 is 17.7 Å². The Balaban J connectivity index is 1.64. The molecule has 0 atom stereocenters. The highest BCUT2D eigenvalue weighted by molar-refractivity contribution is 6.00. The van der Waals surface area contributed by atoms with Crippen molar-refractivity contribution in [2.24, 2.45) is 0 Å². The lowest BCUT2D eigenvalue weighted by Gasteiger charge is -2.40. The number of nitrogens with one attached hydrogen (secondary N) is 1. The van der Waals surface area contributed by atoms with Gasteiger partial charge in [-0.15, -0.1) is 0 Å². The van der Waals surface area contributed by atoms with Crippen molar-refractivity contribution in [3.05, 3.63) is 34.9 Å². The lowest BCUT2D eigenvalue weighted by molar-refractivity contribution is 0.0642. The Hall–Kier alpha value is -2.37. The molecule has 2 aliphatic rings. The van der Waals surface area contributed by atoms with Gasteiger partial charge in [-0.05, 0) is 50.8 Å². The van der Waals surface area contributed by atoms with Crippen LogP contribution in [0, 0.1) is 6.92 Å². The summed E-state index contributed by atoms with van der Waals surface area (Å²) < 4.78 is 0. The molecule has 0 bridgehead atoms. The number of Topliss-reactive ketones (excluding diaryl/α,β-unsaturated/α-hetero) is 1. The molecule has 2 fully saturated rings. The molecule has 0 spiro atoms. The Morgan fingerprint density at radius 3 is 2.52 bits per heavy atom. The van der Waals surface area contributed by atoms with Crippen LogP contribution < -0.4 is 5.32 Å². The first-order chi connectivity index (χ1) is 12.0. The van der Waals surface area contributed by atoms with Crippen molar-refractivity contribution in [1.29, 1.82) is 0 Å². The van der Waals surface area contributed by atoms with E-state index in [-0.39, 0.29) is 23.8 Å². The van der Waals surface area contributed by atoms with Gasteiger partial charge in [-0.1, -0.05) is 6.07 Å². The van der Waals surface area contributed by atoms with Crippen LogP contribution in [-0.4, -0.2) is 59.7 Å². The second kappa shape index (κ2) is 7.25. The Bertz CT molecular complexity index is 693. The number of ketones is 1. The van der Waals surface area contributed by atoms with Gasteiger partial charge in [0.1, 0.15) is 0 Å². The van der Waals surface area contributed by atoms with Crippen LogP contribution in [0.4, 0.5) is 4.79 Å². The molecule has 0 unspecified atom stereocenters. The largest absolute Gasteiger partial charge is 0.338 e. The molecule has 3 rings (SSSR count). The van der Waals surface area contributed by atoms with Crippen molar-refractivity contribution in [3.63, 3.8) is 0 Å². The second-order valence-electron chi connectivity index (χ2n) is 6.89. The molecule has 2 aliphatic heterocycles. The van der Waals surface area contributed by atoms with Crippen LogP contribution >= 0.6 is 0 Å². The van der Waals surface area contributed by atoms with Gasteiger partial charge in [0.05, 0.1) is 0 Å². The molecule has 1 aromatic carbocycles. The summed E-state index contributed by atoms with van der Waals surface area (Å²) in [6.45, 7) is 6.21. The van der Waals surface area contributed by atoms with Crippen molar-refractivity contribution < 1.29 is 14.4 Å². The second-order valence-corrected chi connectivity index (χ2v) is 6.89. The molecule has 6 heteroatoms. The van der Waals surface area contributed by atoms with E-state index in [4.69, 9.17) is 0 Å². The van der Waals surface area contributed by atoms with E-state index in [1.807, 2.05) is 22.8 Å². The fraction of sp³-hybridized carbons (Fsp3) is 0.526. The van der Waals surface area contributed by atoms with Gasteiger partial charge in [-0.25, -0.2) is 4.79 Å². The third-order valence-corrected chi connectivity index (χ3v) is 5.17. The Labute approximate surface area is 148 Å². The molecular weight excluding hydrogens is 318 g/mol. The topological polar surface area (TPSA) is 69.7 Å². The van der Waals surface area contributed by atoms with Gasteiger partial charge >= 0.3 is 6.03 Å². The highest BCUT2D eigenvalue weighted by Crippen LogP contribution is 2.21. The Morgan fingerprint density at radius 1 is 1.16 bits per heavy atom. The first kappa shape index (κ1) is 17.5. The number of carbonyl (C=O) groups is 3. The predicted octanol–water partition coefficient (Wildman–Crippen LogP) is 2.22. The number of urea groups is 1. The minimum Gasteiger partial charge on any atom is -0.338 e. The zero-order chi connectivity index (χ0) is 18.0. The van der Waals surface area contributed by atoms with E-state index in [1.54, 1.807) is 12.1 Å². The molecule has 1 aromatic rings. The number of likely N-dealkylation sites (tertiary alicyclic amines) is 1. The third-order valence-electron chi connectivity index (χ3n) is 5.17. The van der Waals surface area contributed by atoms with Gasteiger partial charge in [-0.2, -0.15) is 0 Å². The maximum absolute atomic E-state index is 12.8. The van der Waals surface area contributed by atoms with Crippen LogP contribution in [-0.2, 0) is 0 Å². The zero-order valence-electron chi connectivity index (χ0n) is 14.9. The molecule has 0 aliphatic carbocycles. The van der Waals surface area contributed by atoms with E-state index >= 15 is 0 Å². The lowest BCUT2D eigenvalue weighted by Crippen LogP contribution is -2.54. The van der Waals surface area contributed by atoms with Crippen molar-refractivity contribution in [2.45, 2.75) is 39.2 Å². The van der Waals surface area contributed by atoms with Gasteiger partial charge in [0.2, 0.25) is 0 Å². The van der Waals surface area contributed by atoms with Crippen LogP contribution in [0.2, 0.25) is 0 Å². The first-order valence-corrected chi connectivity index (χ1v) is 8.92. The number of hydrogen-bond acceptors (Lipinski definition) is 3. The highest BCUT2D eigenvalue weighted by atomic mass is 16.2. The molecule has 2 heterocycles. The van der Waals surface area contributed by atoms with E-state index in [9.17, 15) is 14.4 Å². The van der Waals surface area contributed by atoms with Gasteiger partial charge < -0.3 is 15.1 Å². The smallest absolute Gasteiger partial charge is 0.317 e. The number of carbonyl (C=O) groups excluding carboxylic acids is 3. The fourth-order valence-corrected chi connectivity index (χ4v) is 3.69. The summed E-state index contributed by atoms with van der Waals surface area (Å²) in [6, 6.07) is 5.53. The fourth-order valence-electron chi connectivity index (χ4n) is 3.69. The van der Waals surface area contributed by atoms with Crippen LogP contribution in [0.25, 0.3) is 0 Å². The van der Waals surface area contributed by atoms with Crippen LogP contribution in [0.15, 0.2) is 18.2 Å². The Morgan fingerprint density at radius 2 is 1.88 bits per heavy atom. The van der Waals surface area contributed by atoms with E-state index in [0.29, 0.717) is 24.2 Å². The maximum Gasteiger partial charge on any atom is 0.317 e. The Kier molecular flexibility index (Phi) is 5.06. The molecule has 3 amide bonds. The van der Waals surface area contributed by atoms with E-state index in [0.717, 1.165) is 37.9 Å². The van der Waals surface area contributed by atoms with E-state index in [2.05, 4.69) is 5.32 Å². The van der Waals surface area contributed by atoms with E-state index in [1.165, 1.54) is 6.92 Å². The van der Waals surface area contributed by atoms with Gasteiger partial charge in [0, 0.05) is 43.3 Å². The van der Waals surface area contributed by atoms with Gasteiger partial charge in [0.25, 0.3) is 5.91 Å². The molecule has 1 N–H and O–H groups in total. The molecule has 2 saturated heterocycles. The van der Waals surface area contributed by atoms with Crippen molar-refractivity contribution in [1.82, 2.24) is 15.1 Å². The summed E-state index contributed by atoms with van der Waals surface area (Å²) in [6.07, 6.45) is 2.57. The average molecular weight is 343 g/mol. The highest BCUT2D eigenvalue weighted by Gasteiger charge is 2.31. The standard InChI is InChI=1S/C19H25N3O3/c1-13-4-5-15(12-17(13)14(2)23)18(24)21-10-6-16(7-11-21)22-9-3-8-20-19(22)25/h4-5,12,16H,3,6-11H2,1-2H3,(H,20,25). The summed E-state index contributed by atoms with van der Waals surface area (Å²) in [5.74, 6) is -0.0639. The summed E-state index contributed by atoms with van der Waals surface area (Å²) >= 11 is 0. The molecule has 0 saturated carbocycles. The van der Waals surface area contributed by atoms with Crippen molar-refractivity contribution in [3.8, 4) is 0 Å². The predicted molar refractivity (Wildman–Crippen MR) is 94.8 cm³/mol. The molecule has 0 radical (unpaired) electrons. The van der Waals surface area contributed by atoms with Gasteiger partial charge in [0.15, 0.2) is 5.78 Å². The van der Waals surface area contributed by atoms with Crippen LogP contribution in [0.5, 0.6) is 0 Å². The minimum absolute atomic E-state index is 0.0145. The molecule has 134 valence electrons. The SMILES string of the molecule is CC(=O)c1cc(C(=O)N2CCC(N3CCCNC3=O)CC2)ccc1C. The summed E-state index contributed by atoms with van der Waals surface area (Å²) in [5, 5.41) is 2.89. The molecule has 0 aromatic heterocycles. The number of benzene rings is 1. The number of amides is 3. The zero-order valence-corrected chi connectivity index (χ0v) is 14.9. The monoisotopic (exact) mass is 343 g/mol. The molecule has 6 nitrogen and oxygen atoms in total. The van der Waals surface area contributed by atoms with E-state index < -0.39 is 0 Å². The van der Waals surface area contributed by atoms with Crippen LogP contribution in [0.3, 0.4) is 0 Å². The maximum atomic E-state index is 12.8. The number of nitrogens with zero attached hydrogens (tertiary/aromatic N) is 2. The quantitative estimate of drug-likeness (QED) is 0.856. The number of rotatable bonds is 3. The summed E-state index contributed by atoms with van der Waals surface area (Å²) in [7, 11) is 0. The number of aryl methyl sites for hydroxylation is 1. The van der Waals surface area contributed by atoms with Crippen LogP contribution in [0.1, 0.15) is 52.5 Å². The lowest BCUT2D eigenvalue weighted by atomic mass is 9.99. The number of piperidine rings is 1. The molecule has 25 heavy (non-hydrogen) atoms. The third kappa shape index (κ3) is 3.67. The van der Waals surface area contributed by atoms with Gasteiger partial charge in [-0.3, -0.25) is 9.59 Å². The number of hydrogen-bond donors (Lipinski definition) is 1. The summed E-state index contributed by atoms with van der Waals surface area (Å²) in [4.78, 5) is 40.2. The first-order valence-electron chi connectivity index (χ1n) is 8.92. The summed E-state index contributed by atoms with van der Waals surface area (Å²) in [5.41, 5.74) is 2.05. The van der Waals surface area contributed by atoms with Crippen molar-refractivity contribution in [2.75, 3.05) is 26.2 Å². The molecular formula is C19H25N3O3.